The molecule has 0 bridgehead atoms. The quantitative estimate of drug-likeness (QED) is 0.547. The highest BCUT2D eigenvalue weighted by Crippen LogP contribution is 2.30. The zero-order valence-corrected chi connectivity index (χ0v) is 17.2. The lowest BCUT2D eigenvalue weighted by Crippen LogP contribution is -2.30. The van der Waals surface area contributed by atoms with Gasteiger partial charge in [-0.15, -0.1) is 11.3 Å². The second-order valence-corrected chi connectivity index (χ2v) is 7.02. The van der Waals surface area contributed by atoms with Gasteiger partial charge in [-0.2, -0.15) is 8.78 Å². The number of hydrogen-bond donors (Lipinski definition) is 1. The molecule has 2 heterocycles. The zero-order valence-electron chi connectivity index (χ0n) is 16.3. The second-order valence-electron chi connectivity index (χ2n) is 6.16. The van der Waals surface area contributed by atoms with E-state index in [2.05, 4.69) is 20.0 Å². The summed E-state index contributed by atoms with van der Waals surface area (Å²) in [6, 6.07) is 7.93. The lowest BCUT2D eigenvalue weighted by atomic mass is 10.2. The predicted molar refractivity (Wildman–Crippen MR) is 110 cm³/mol. The number of anilines is 1. The van der Waals surface area contributed by atoms with Gasteiger partial charge in [-0.25, -0.2) is 9.78 Å². The molecule has 0 saturated carbocycles. The first kappa shape index (κ1) is 21.4. The van der Waals surface area contributed by atoms with Crippen LogP contribution in [0.4, 0.5) is 18.7 Å². The van der Waals surface area contributed by atoms with E-state index in [-0.39, 0.29) is 24.1 Å². The molecule has 0 saturated heterocycles. The molecule has 0 fully saturated rings. The van der Waals surface area contributed by atoms with Crippen LogP contribution < -0.4 is 14.8 Å². The highest BCUT2D eigenvalue weighted by Gasteiger charge is 2.15. The van der Waals surface area contributed by atoms with Crippen molar-refractivity contribution < 1.29 is 23.0 Å². The number of carbonyl (C=O) groups excluding carboxylic acids is 1. The number of urea groups is 1. The van der Waals surface area contributed by atoms with Crippen molar-refractivity contribution in [3.8, 4) is 22.8 Å². The molecular weight excluding hydrogens is 414 g/mol. The largest absolute Gasteiger partial charge is 0.490 e. The number of hydrogen-bond acceptors (Lipinski definition) is 6. The van der Waals surface area contributed by atoms with Crippen molar-refractivity contribution in [2.24, 2.45) is 0 Å². The Morgan fingerprint density at radius 3 is 2.83 bits per heavy atom. The van der Waals surface area contributed by atoms with Gasteiger partial charge in [0.25, 0.3) is 0 Å². The maximum Gasteiger partial charge on any atom is 0.387 e. The van der Waals surface area contributed by atoms with Crippen molar-refractivity contribution in [1.29, 1.82) is 0 Å². The molecule has 158 valence electrons. The smallest absolute Gasteiger partial charge is 0.387 e. The molecule has 30 heavy (non-hydrogen) atoms. The predicted octanol–water partition coefficient (Wildman–Crippen LogP) is 4.87. The third kappa shape index (κ3) is 5.63. The summed E-state index contributed by atoms with van der Waals surface area (Å²) in [7, 11) is 1.62. The number of nitrogens with zero attached hydrogens (tertiary/aromatic N) is 3. The van der Waals surface area contributed by atoms with E-state index in [0.29, 0.717) is 17.3 Å². The minimum absolute atomic E-state index is 0.0478. The number of thiazole rings is 1. The van der Waals surface area contributed by atoms with Gasteiger partial charge in [-0.05, 0) is 36.8 Å². The maximum absolute atomic E-state index is 12.5. The lowest BCUT2D eigenvalue weighted by Gasteiger charge is -2.18. The number of ether oxygens (including phenoxy) is 2. The van der Waals surface area contributed by atoms with Crippen LogP contribution in [0, 0.1) is 0 Å². The molecule has 3 rings (SSSR count). The van der Waals surface area contributed by atoms with Crippen molar-refractivity contribution in [1.82, 2.24) is 14.9 Å². The van der Waals surface area contributed by atoms with E-state index in [0.717, 1.165) is 11.3 Å². The van der Waals surface area contributed by atoms with Gasteiger partial charge in [-0.3, -0.25) is 10.3 Å². The molecule has 2 aromatic heterocycles. The van der Waals surface area contributed by atoms with E-state index >= 15 is 0 Å². The summed E-state index contributed by atoms with van der Waals surface area (Å²) < 4.78 is 34.9. The molecule has 10 heteroatoms. The standard InChI is InChI=1S/C20H20F2N4O3S/c1-3-28-17-9-13(6-7-16(17)29-18(21)22)11-26(2)20(27)25-19-24-15(12-30-19)14-5-4-8-23-10-14/h4-10,12,18H,3,11H2,1-2H3,(H,24,25,27). The summed E-state index contributed by atoms with van der Waals surface area (Å²) in [4.78, 5) is 22.4. The molecule has 0 aliphatic rings. The number of benzene rings is 1. The highest BCUT2D eigenvalue weighted by molar-refractivity contribution is 7.14. The Kier molecular flexibility index (Phi) is 7.12. The Bertz CT molecular complexity index is 985. The van der Waals surface area contributed by atoms with Crippen molar-refractivity contribution in [3.05, 3.63) is 53.7 Å². The molecule has 2 amide bonds. The number of halogens is 2. The van der Waals surface area contributed by atoms with Gasteiger partial charge in [-0.1, -0.05) is 6.07 Å². The summed E-state index contributed by atoms with van der Waals surface area (Å²) in [5, 5.41) is 5.04. The molecule has 0 aliphatic carbocycles. The molecule has 0 radical (unpaired) electrons. The molecule has 7 nitrogen and oxygen atoms in total. The molecular formula is C20H20F2N4O3S. The second kappa shape index (κ2) is 9.97. The Hall–Kier alpha value is -3.27. The van der Waals surface area contributed by atoms with E-state index in [1.807, 2.05) is 17.5 Å². The maximum atomic E-state index is 12.5. The fourth-order valence-corrected chi connectivity index (χ4v) is 3.33. The average molecular weight is 434 g/mol. The van der Waals surface area contributed by atoms with Crippen LogP contribution in [0.1, 0.15) is 12.5 Å². The first-order chi connectivity index (χ1) is 14.5. The van der Waals surface area contributed by atoms with E-state index in [1.165, 1.54) is 22.3 Å². The number of carbonyl (C=O) groups is 1. The number of alkyl halides is 2. The highest BCUT2D eigenvalue weighted by atomic mass is 32.1. The lowest BCUT2D eigenvalue weighted by molar-refractivity contribution is -0.0514. The van der Waals surface area contributed by atoms with E-state index < -0.39 is 6.61 Å². The van der Waals surface area contributed by atoms with E-state index in [1.54, 1.807) is 38.5 Å². The molecule has 0 aliphatic heterocycles. The molecule has 1 N–H and O–H groups in total. The van der Waals surface area contributed by atoms with Crippen LogP contribution in [-0.4, -0.2) is 41.2 Å². The number of aromatic nitrogens is 2. The minimum atomic E-state index is -2.95. The van der Waals surface area contributed by atoms with Crippen LogP contribution in [0.3, 0.4) is 0 Å². The molecule has 0 unspecified atom stereocenters. The van der Waals surface area contributed by atoms with Crippen LogP contribution in [0.5, 0.6) is 11.5 Å². The first-order valence-corrected chi connectivity index (χ1v) is 9.92. The Labute approximate surface area is 176 Å². The van der Waals surface area contributed by atoms with Gasteiger partial charge in [0.2, 0.25) is 0 Å². The number of amides is 2. The van der Waals surface area contributed by atoms with Crippen LogP contribution in [0.2, 0.25) is 0 Å². The van der Waals surface area contributed by atoms with Gasteiger partial charge in [0.1, 0.15) is 0 Å². The van der Waals surface area contributed by atoms with E-state index in [9.17, 15) is 13.6 Å². The Morgan fingerprint density at radius 1 is 1.30 bits per heavy atom. The number of nitrogens with one attached hydrogen (secondary N) is 1. The third-order valence-electron chi connectivity index (χ3n) is 3.97. The molecule has 3 aromatic rings. The van der Waals surface area contributed by atoms with Gasteiger partial charge in [0.15, 0.2) is 16.6 Å². The van der Waals surface area contributed by atoms with Crippen molar-refractivity contribution in [2.75, 3.05) is 19.0 Å². The topological polar surface area (TPSA) is 76.6 Å². The minimum Gasteiger partial charge on any atom is -0.490 e. The monoisotopic (exact) mass is 434 g/mol. The van der Waals surface area contributed by atoms with Crippen molar-refractivity contribution >= 4 is 22.5 Å². The van der Waals surface area contributed by atoms with Gasteiger partial charge >= 0.3 is 12.6 Å². The summed E-state index contributed by atoms with van der Waals surface area (Å²) in [5.41, 5.74) is 2.28. The van der Waals surface area contributed by atoms with Crippen LogP contribution in [-0.2, 0) is 6.54 Å². The molecule has 0 atom stereocenters. The average Bonchev–Trinajstić information content (AvgIpc) is 3.19. The molecule has 0 spiro atoms. The van der Waals surface area contributed by atoms with Crippen LogP contribution >= 0.6 is 11.3 Å². The number of rotatable bonds is 8. The summed E-state index contributed by atoms with van der Waals surface area (Å²) in [6.07, 6.45) is 3.38. The van der Waals surface area contributed by atoms with Crippen molar-refractivity contribution in [3.63, 3.8) is 0 Å². The zero-order chi connectivity index (χ0) is 21.5. The first-order valence-electron chi connectivity index (χ1n) is 9.05. The van der Waals surface area contributed by atoms with Crippen LogP contribution in [0.15, 0.2) is 48.1 Å². The van der Waals surface area contributed by atoms with Crippen LogP contribution in [0.25, 0.3) is 11.3 Å². The summed E-state index contributed by atoms with van der Waals surface area (Å²) in [5.74, 6) is 0.151. The van der Waals surface area contributed by atoms with Gasteiger partial charge in [0, 0.05) is 36.9 Å². The SMILES string of the molecule is CCOc1cc(CN(C)C(=O)Nc2nc(-c3cccnc3)cs2)ccc1OC(F)F. The fraction of sp³-hybridized carbons (Fsp3) is 0.250. The van der Waals surface area contributed by atoms with Crippen molar-refractivity contribution in [2.45, 2.75) is 20.1 Å². The fourth-order valence-electron chi connectivity index (χ4n) is 2.62. The summed E-state index contributed by atoms with van der Waals surface area (Å²) in [6.45, 7) is -0.672. The van der Waals surface area contributed by atoms with E-state index in [4.69, 9.17) is 4.74 Å². The van der Waals surface area contributed by atoms with Gasteiger partial charge in [0.05, 0.1) is 12.3 Å². The third-order valence-corrected chi connectivity index (χ3v) is 4.72. The van der Waals surface area contributed by atoms with Gasteiger partial charge < -0.3 is 14.4 Å². The number of pyridine rings is 1. The Balaban J connectivity index is 1.64. The Morgan fingerprint density at radius 2 is 2.13 bits per heavy atom. The normalized spacial score (nSPS) is 10.7. The summed E-state index contributed by atoms with van der Waals surface area (Å²) >= 11 is 1.31. The molecule has 1 aromatic carbocycles.